The summed E-state index contributed by atoms with van der Waals surface area (Å²) in [4.78, 5) is 23.3. The molecule has 3 aromatic carbocycles. The third-order valence-electron chi connectivity index (χ3n) is 3.51. The molecule has 0 atom stereocenters. The molecule has 0 saturated heterocycles. The average molecular weight is 280 g/mol. The van der Waals surface area contributed by atoms with Crippen LogP contribution in [-0.4, -0.2) is 24.2 Å². The van der Waals surface area contributed by atoms with Crippen molar-refractivity contribution in [2.24, 2.45) is 0 Å². The van der Waals surface area contributed by atoms with Crippen molar-refractivity contribution < 1.29 is 19.4 Å². The van der Waals surface area contributed by atoms with Crippen molar-refractivity contribution in [1.29, 1.82) is 0 Å². The van der Waals surface area contributed by atoms with E-state index in [1.54, 1.807) is 12.1 Å². The molecule has 0 spiro atoms. The summed E-state index contributed by atoms with van der Waals surface area (Å²) < 4.78 is 4.66. The fourth-order valence-corrected chi connectivity index (χ4v) is 2.52. The highest BCUT2D eigenvalue weighted by molar-refractivity contribution is 6.14. The lowest BCUT2D eigenvalue weighted by Crippen LogP contribution is -2.10. The summed E-state index contributed by atoms with van der Waals surface area (Å²) >= 11 is 0. The Morgan fingerprint density at radius 3 is 2.24 bits per heavy atom. The second-order valence-corrected chi connectivity index (χ2v) is 4.71. The fraction of sp³-hybridized carbons (Fsp3) is 0.0588. The molecule has 0 saturated carbocycles. The van der Waals surface area contributed by atoms with Crippen LogP contribution in [-0.2, 0) is 4.74 Å². The first-order valence-corrected chi connectivity index (χ1v) is 6.39. The first-order valence-electron chi connectivity index (χ1n) is 6.39. The van der Waals surface area contributed by atoms with Crippen LogP contribution in [0.25, 0.3) is 21.5 Å². The van der Waals surface area contributed by atoms with E-state index in [2.05, 4.69) is 4.74 Å². The topological polar surface area (TPSA) is 63.6 Å². The van der Waals surface area contributed by atoms with Crippen LogP contribution < -0.4 is 0 Å². The van der Waals surface area contributed by atoms with Gasteiger partial charge < -0.3 is 9.84 Å². The van der Waals surface area contributed by atoms with Gasteiger partial charge in [-0.3, -0.25) is 0 Å². The van der Waals surface area contributed by atoms with Crippen LogP contribution in [0.5, 0.6) is 0 Å². The standard InChI is InChI=1S/C17H12O4/c1-21-17(20)13-7-6-12-8-10-4-2-3-5-11(10)9-14(12)15(13)16(18)19/h2-9H,1H3,(H,18,19). The Morgan fingerprint density at radius 1 is 0.952 bits per heavy atom. The maximum atomic E-state index is 11.8. The highest BCUT2D eigenvalue weighted by atomic mass is 16.5. The van der Waals surface area contributed by atoms with Crippen LogP contribution in [0.1, 0.15) is 20.7 Å². The average Bonchev–Trinajstić information content (AvgIpc) is 2.50. The largest absolute Gasteiger partial charge is 0.478 e. The van der Waals surface area contributed by atoms with Crippen molar-refractivity contribution in [3.63, 3.8) is 0 Å². The molecule has 0 radical (unpaired) electrons. The van der Waals surface area contributed by atoms with Crippen LogP contribution in [0.2, 0.25) is 0 Å². The number of esters is 1. The Kier molecular flexibility index (Phi) is 3.06. The monoisotopic (exact) mass is 280 g/mol. The van der Waals surface area contributed by atoms with E-state index < -0.39 is 11.9 Å². The Morgan fingerprint density at radius 2 is 1.62 bits per heavy atom. The number of hydrogen-bond donors (Lipinski definition) is 1. The van der Waals surface area contributed by atoms with E-state index in [0.29, 0.717) is 5.39 Å². The molecule has 21 heavy (non-hydrogen) atoms. The van der Waals surface area contributed by atoms with E-state index >= 15 is 0 Å². The molecule has 104 valence electrons. The summed E-state index contributed by atoms with van der Waals surface area (Å²) in [6.45, 7) is 0. The molecule has 4 heteroatoms. The van der Waals surface area contributed by atoms with Crippen LogP contribution in [0, 0.1) is 0 Å². The van der Waals surface area contributed by atoms with Gasteiger partial charge in [0.1, 0.15) is 0 Å². The number of ether oxygens (including phenoxy) is 1. The van der Waals surface area contributed by atoms with Gasteiger partial charge in [-0.2, -0.15) is 0 Å². The molecule has 0 heterocycles. The van der Waals surface area contributed by atoms with Crippen molar-refractivity contribution in [3.05, 3.63) is 59.7 Å². The van der Waals surface area contributed by atoms with E-state index in [0.717, 1.165) is 16.2 Å². The summed E-state index contributed by atoms with van der Waals surface area (Å²) in [6.07, 6.45) is 0. The lowest BCUT2D eigenvalue weighted by Gasteiger charge is -2.09. The molecule has 3 aromatic rings. The minimum absolute atomic E-state index is 0.0231. The molecule has 0 aliphatic carbocycles. The highest BCUT2D eigenvalue weighted by Crippen LogP contribution is 2.28. The third kappa shape index (κ3) is 2.10. The molecule has 0 aromatic heterocycles. The molecule has 0 amide bonds. The van der Waals surface area contributed by atoms with E-state index in [1.165, 1.54) is 13.2 Å². The first-order chi connectivity index (χ1) is 10.1. The molecule has 0 fully saturated rings. The summed E-state index contributed by atoms with van der Waals surface area (Å²) in [6, 6.07) is 14.6. The molecule has 4 nitrogen and oxygen atoms in total. The minimum atomic E-state index is -1.14. The summed E-state index contributed by atoms with van der Waals surface area (Å²) in [7, 11) is 1.23. The van der Waals surface area contributed by atoms with Crippen LogP contribution in [0.15, 0.2) is 48.5 Å². The number of carbonyl (C=O) groups excluding carboxylic acids is 1. The second kappa shape index (κ2) is 4.90. The number of carbonyl (C=O) groups is 2. The highest BCUT2D eigenvalue weighted by Gasteiger charge is 2.20. The minimum Gasteiger partial charge on any atom is -0.478 e. The van der Waals surface area contributed by atoms with E-state index in [1.807, 2.05) is 30.3 Å². The van der Waals surface area contributed by atoms with Crippen molar-refractivity contribution in [2.75, 3.05) is 7.11 Å². The predicted molar refractivity (Wildman–Crippen MR) is 79.8 cm³/mol. The van der Waals surface area contributed by atoms with Crippen LogP contribution in [0.4, 0.5) is 0 Å². The molecular weight excluding hydrogens is 268 g/mol. The van der Waals surface area contributed by atoms with Crippen molar-refractivity contribution in [1.82, 2.24) is 0 Å². The second-order valence-electron chi connectivity index (χ2n) is 4.71. The number of rotatable bonds is 2. The van der Waals surface area contributed by atoms with Crippen molar-refractivity contribution in [2.45, 2.75) is 0 Å². The Bertz CT molecular complexity index is 880. The van der Waals surface area contributed by atoms with Gasteiger partial charge in [-0.25, -0.2) is 9.59 Å². The van der Waals surface area contributed by atoms with Crippen molar-refractivity contribution >= 4 is 33.5 Å². The van der Waals surface area contributed by atoms with Crippen molar-refractivity contribution in [3.8, 4) is 0 Å². The normalized spacial score (nSPS) is 10.7. The molecule has 0 aliphatic heterocycles. The maximum Gasteiger partial charge on any atom is 0.338 e. The lowest BCUT2D eigenvalue weighted by atomic mass is 9.96. The Balaban J connectivity index is 2.43. The van der Waals surface area contributed by atoms with Gasteiger partial charge in [-0.15, -0.1) is 0 Å². The number of carboxylic acids is 1. The molecule has 0 unspecified atom stereocenters. The Hall–Kier alpha value is -2.88. The van der Waals surface area contributed by atoms with Gasteiger partial charge in [-0.1, -0.05) is 30.3 Å². The van der Waals surface area contributed by atoms with Gasteiger partial charge in [0.25, 0.3) is 0 Å². The molecular formula is C17H12O4. The Labute approximate surface area is 120 Å². The number of benzene rings is 3. The molecule has 0 aliphatic rings. The lowest BCUT2D eigenvalue weighted by molar-refractivity contribution is 0.0583. The zero-order valence-electron chi connectivity index (χ0n) is 11.3. The van der Waals surface area contributed by atoms with Gasteiger partial charge in [0.2, 0.25) is 0 Å². The van der Waals surface area contributed by atoms with Gasteiger partial charge >= 0.3 is 11.9 Å². The SMILES string of the molecule is COC(=O)c1ccc2cc3ccccc3cc2c1C(=O)O. The number of carboxylic acid groups (broad SMARTS) is 1. The number of methoxy groups -OCH3 is 1. The predicted octanol–water partition coefficient (Wildman–Crippen LogP) is 3.48. The fourth-order valence-electron chi connectivity index (χ4n) is 2.52. The zero-order chi connectivity index (χ0) is 15.0. The first kappa shape index (κ1) is 13.1. The molecule has 3 rings (SSSR count). The van der Waals surface area contributed by atoms with E-state index in [9.17, 15) is 14.7 Å². The van der Waals surface area contributed by atoms with Crippen LogP contribution in [0.3, 0.4) is 0 Å². The number of aromatic carboxylic acids is 1. The molecule has 0 bridgehead atoms. The quantitative estimate of drug-likeness (QED) is 0.576. The van der Waals surface area contributed by atoms with Crippen LogP contribution >= 0.6 is 0 Å². The number of hydrogen-bond acceptors (Lipinski definition) is 3. The van der Waals surface area contributed by atoms with E-state index in [4.69, 9.17) is 0 Å². The zero-order valence-corrected chi connectivity index (χ0v) is 11.3. The summed E-state index contributed by atoms with van der Waals surface area (Å²) in [5.74, 6) is -1.79. The number of fused-ring (bicyclic) bond motifs is 2. The maximum absolute atomic E-state index is 11.8. The smallest absolute Gasteiger partial charge is 0.338 e. The van der Waals surface area contributed by atoms with Gasteiger partial charge in [0.05, 0.1) is 18.2 Å². The van der Waals surface area contributed by atoms with Gasteiger partial charge in [0, 0.05) is 0 Å². The molecule has 1 N–H and O–H groups in total. The summed E-state index contributed by atoms with van der Waals surface area (Å²) in [5, 5.41) is 12.7. The van der Waals surface area contributed by atoms with Gasteiger partial charge in [0.15, 0.2) is 0 Å². The van der Waals surface area contributed by atoms with Gasteiger partial charge in [-0.05, 0) is 39.7 Å². The summed E-state index contributed by atoms with van der Waals surface area (Å²) in [5.41, 5.74) is 0.0397. The van der Waals surface area contributed by atoms with E-state index in [-0.39, 0.29) is 11.1 Å². The third-order valence-corrected chi connectivity index (χ3v) is 3.51.